The molecule has 0 aliphatic heterocycles. The molecule has 0 fully saturated rings. The van der Waals surface area contributed by atoms with Gasteiger partial charge in [0.2, 0.25) is 0 Å². The molecule has 0 bridgehead atoms. The van der Waals surface area contributed by atoms with Crippen LogP contribution < -0.4 is 10.7 Å². The molecule has 0 saturated carbocycles. The Labute approximate surface area is 124 Å². The summed E-state index contributed by atoms with van der Waals surface area (Å²) in [4.78, 5) is 22.8. The smallest absolute Gasteiger partial charge is 0.337 e. The van der Waals surface area contributed by atoms with Gasteiger partial charge in [-0.05, 0) is 38.5 Å². The summed E-state index contributed by atoms with van der Waals surface area (Å²) in [5, 5.41) is 6.92. The highest BCUT2D eigenvalue weighted by Crippen LogP contribution is 2.03. The normalized spacial score (nSPS) is 11.4. The number of hydrogen-bond acceptors (Lipinski definition) is 5. The maximum Gasteiger partial charge on any atom is 0.337 e. The Morgan fingerprint density at radius 2 is 1.86 bits per heavy atom. The van der Waals surface area contributed by atoms with E-state index in [9.17, 15) is 9.59 Å². The van der Waals surface area contributed by atoms with Gasteiger partial charge in [0.15, 0.2) is 0 Å². The molecule has 2 N–H and O–H groups in total. The van der Waals surface area contributed by atoms with E-state index in [4.69, 9.17) is 0 Å². The van der Waals surface area contributed by atoms with Crippen molar-refractivity contribution >= 4 is 18.1 Å². The van der Waals surface area contributed by atoms with Gasteiger partial charge in [-0.15, -0.1) is 0 Å². The molecule has 0 aliphatic rings. The van der Waals surface area contributed by atoms with E-state index in [0.29, 0.717) is 5.56 Å². The van der Waals surface area contributed by atoms with Crippen LogP contribution in [-0.4, -0.2) is 37.3 Å². The maximum atomic E-state index is 11.5. The van der Waals surface area contributed by atoms with E-state index >= 15 is 0 Å². The van der Waals surface area contributed by atoms with Crippen LogP contribution in [0.5, 0.6) is 0 Å². The van der Waals surface area contributed by atoms with Crippen LogP contribution >= 0.6 is 0 Å². The summed E-state index contributed by atoms with van der Waals surface area (Å²) in [5.41, 5.74) is 3.54. The monoisotopic (exact) mass is 291 g/mol. The van der Waals surface area contributed by atoms with E-state index in [-0.39, 0.29) is 24.0 Å². The Morgan fingerprint density at radius 1 is 1.24 bits per heavy atom. The highest BCUT2D eigenvalue weighted by molar-refractivity contribution is 5.90. The van der Waals surface area contributed by atoms with E-state index in [1.165, 1.54) is 13.3 Å². The van der Waals surface area contributed by atoms with Crippen molar-refractivity contribution in [3.63, 3.8) is 0 Å². The summed E-state index contributed by atoms with van der Waals surface area (Å²) in [5.74, 6) is -0.604. The van der Waals surface area contributed by atoms with Crippen LogP contribution in [-0.2, 0) is 9.53 Å². The van der Waals surface area contributed by atoms with Crippen LogP contribution in [0.15, 0.2) is 29.4 Å². The molecule has 0 aromatic heterocycles. The van der Waals surface area contributed by atoms with Gasteiger partial charge in [0.05, 0.1) is 25.4 Å². The van der Waals surface area contributed by atoms with Gasteiger partial charge in [-0.3, -0.25) is 4.79 Å². The SMILES string of the molecule is COC(=O)c1ccc(C=NNC(=O)CNC(C)(C)C)cc1. The molecular formula is C15H21N3O3. The number of nitrogens with one attached hydrogen (secondary N) is 2. The van der Waals surface area contributed by atoms with Crippen molar-refractivity contribution in [3.05, 3.63) is 35.4 Å². The molecule has 0 spiro atoms. The van der Waals surface area contributed by atoms with Gasteiger partial charge in [0.25, 0.3) is 5.91 Å². The molecule has 0 aliphatic carbocycles. The van der Waals surface area contributed by atoms with Gasteiger partial charge in [0, 0.05) is 5.54 Å². The number of rotatable bonds is 5. The molecule has 0 heterocycles. The number of nitrogens with zero attached hydrogens (tertiary/aromatic N) is 1. The molecule has 0 unspecified atom stereocenters. The Bertz CT molecular complexity index is 516. The van der Waals surface area contributed by atoms with Crippen LogP contribution in [0.3, 0.4) is 0 Å². The van der Waals surface area contributed by atoms with Gasteiger partial charge >= 0.3 is 5.97 Å². The van der Waals surface area contributed by atoms with E-state index in [1.807, 2.05) is 20.8 Å². The first-order valence-corrected chi connectivity index (χ1v) is 6.57. The molecule has 21 heavy (non-hydrogen) atoms. The minimum atomic E-state index is -0.389. The quantitative estimate of drug-likeness (QED) is 0.487. The van der Waals surface area contributed by atoms with E-state index < -0.39 is 0 Å². The minimum absolute atomic E-state index is 0.120. The first kappa shape index (κ1) is 16.8. The summed E-state index contributed by atoms with van der Waals surface area (Å²) in [7, 11) is 1.33. The number of esters is 1. The lowest BCUT2D eigenvalue weighted by Gasteiger charge is -2.19. The fourth-order valence-electron chi connectivity index (χ4n) is 1.39. The molecular weight excluding hydrogens is 270 g/mol. The topological polar surface area (TPSA) is 79.8 Å². The zero-order chi connectivity index (χ0) is 15.9. The zero-order valence-corrected chi connectivity index (χ0v) is 12.8. The summed E-state index contributed by atoms with van der Waals surface area (Å²) in [6, 6.07) is 6.71. The summed E-state index contributed by atoms with van der Waals surface area (Å²) in [6.07, 6.45) is 1.51. The summed E-state index contributed by atoms with van der Waals surface area (Å²) >= 11 is 0. The van der Waals surface area contributed by atoms with Gasteiger partial charge in [-0.1, -0.05) is 12.1 Å². The summed E-state index contributed by atoms with van der Waals surface area (Å²) < 4.78 is 4.61. The average molecular weight is 291 g/mol. The fraction of sp³-hybridized carbons (Fsp3) is 0.400. The third kappa shape index (κ3) is 6.67. The maximum absolute atomic E-state index is 11.5. The van der Waals surface area contributed by atoms with E-state index in [2.05, 4.69) is 20.6 Å². The molecule has 1 aromatic carbocycles. The highest BCUT2D eigenvalue weighted by atomic mass is 16.5. The summed E-state index contributed by atoms with van der Waals surface area (Å²) in [6.45, 7) is 6.13. The van der Waals surface area contributed by atoms with Gasteiger partial charge in [0.1, 0.15) is 0 Å². The number of carbonyl (C=O) groups excluding carboxylic acids is 2. The van der Waals surface area contributed by atoms with Crippen molar-refractivity contribution in [3.8, 4) is 0 Å². The van der Waals surface area contributed by atoms with Crippen molar-refractivity contribution in [1.82, 2.24) is 10.7 Å². The first-order chi connectivity index (χ1) is 9.81. The number of carbonyl (C=O) groups is 2. The molecule has 0 radical (unpaired) electrons. The van der Waals surface area contributed by atoms with Crippen molar-refractivity contribution < 1.29 is 14.3 Å². The van der Waals surface area contributed by atoms with Gasteiger partial charge < -0.3 is 10.1 Å². The van der Waals surface area contributed by atoms with Crippen LogP contribution in [0.4, 0.5) is 0 Å². The first-order valence-electron chi connectivity index (χ1n) is 6.57. The lowest BCUT2D eigenvalue weighted by atomic mass is 10.1. The number of hydrazone groups is 1. The molecule has 114 valence electrons. The number of hydrogen-bond donors (Lipinski definition) is 2. The van der Waals surface area contributed by atoms with Crippen molar-refractivity contribution in [2.75, 3.05) is 13.7 Å². The second-order valence-electron chi connectivity index (χ2n) is 5.51. The molecule has 6 heteroatoms. The van der Waals surface area contributed by atoms with E-state index in [0.717, 1.165) is 5.56 Å². The van der Waals surface area contributed by atoms with Crippen LogP contribution in [0.25, 0.3) is 0 Å². The molecule has 1 amide bonds. The standard InChI is InChI=1S/C15H21N3O3/c1-15(2,3)16-10-13(19)18-17-9-11-5-7-12(8-6-11)14(20)21-4/h5-9,16H,10H2,1-4H3,(H,18,19). The fourth-order valence-corrected chi connectivity index (χ4v) is 1.39. The van der Waals surface area contributed by atoms with Crippen LogP contribution in [0.1, 0.15) is 36.7 Å². The number of amides is 1. The van der Waals surface area contributed by atoms with Crippen LogP contribution in [0, 0.1) is 0 Å². The van der Waals surface area contributed by atoms with Crippen molar-refractivity contribution in [2.24, 2.45) is 5.10 Å². The lowest BCUT2D eigenvalue weighted by molar-refractivity contribution is -0.120. The minimum Gasteiger partial charge on any atom is -0.465 e. The number of benzene rings is 1. The molecule has 1 aromatic rings. The Balaban J connectivity index is 2.46. The van der Waals surface area contributed by atoms with Crippen LogP contribution in [0.2, 0.25) is 0 Å². The highest BCUT2D eigenvalue weighted by Gasteiger charge is 2.10. The Morgan fingerprint density at radius 3 is 2.38 bits per heavy atom. The van der Waals surface area contributed by atoms with Gasteiger partial charge in [-0.2, -0.15) is 5.10 Å². The van der Waals surface area contributed by atoms with Crippen molar-refractivity contribution in [1.29, 1.82) is 0 Å². The number of methoxy groups -OCH3 is 1. The zero-order valence-electron chi connectivity index (χ0n) is 12.8. The average Bonchev–Trinajstić information content (AvgIpc) is 2.44. The Hall–Kier alpha value is -2.21. The van der Waals surface area contributed by atoms with Crippen molar-refractivity contribution in [2.45, 2.75) is 26.3 Å². The third-order valence-corrected chi connectivity index (χ3v) is 2.51. The molecule has 1 rings (SSSR count). The third-order valence-electron chi connectivity index (χ3n) is 2.51. The second-order valence-corrected chi connectivity index (χ2v) is 5.51. The molecule has 0 atom stereocenters. The second kappa shape index (κ2) is 7.54. The van der Waals surface area contributed by atoms with Gasteiger partial charge in [-0.25, -0.2) is 10.2 Å². The van der Waals surface area contributed by atoms with E-state index in [1.54, 1.807) is 24.3 Å². The Kier molecular flexibility index (Phi) is 6.05. The number of ether oxygens (including phenoxy) is 1. The predicted octanol–water partition coefficient (Wildman–Crippen LogP) is 1.31. The lowest BCUT2D eigenvalue weighted by Crippen LogP contribution is -2.42. The largest absolute Gasteiger partial charge is 0.465 e. The molecule has 0 saturated heterocycles. The predicted molar refractivity (Wildman–Crippen MR) is 81.3 cm³/mol. The molecule has 6 nitrogen and oxygen atoms in total.